The van der Waals surface area contributed by atoms with E-state index < -0.39 is 10.0 Å². The SMILES string of the molecule is CC(=O)C1=C2CN(S(=O)(=O)c3ccc(C)cc3)CC2Cc2c(Cl)cccc21. The lowest BCUT2D eigenvalue weighted by Crippen LogP contribution is -2.29. The highest BCUT2D eigenvalue weighted by Crippen LogP contribution is 2.43. The van der Waals surface area contributed by atoms with E-state index in [4.69, 9.17) is 11.6 Å². The van der Waals surface area contributed by atoms with E-state index in [2.05, 4.69) is 0 Å². The summed E-state index contributed by atoms with van der Waals surface area (Å²) >= 11 is 6.37. The Bertz CT molecular complexity index is 1070. The van der Waals surface area contributed by atoms with Crippen molar-refractivity contribution >= 4 is 33.0 Å². The van der Waals surface area contributed by atoms with Gasteiger partial charge in [0.15, 0.2) is 5.78 Å². The van der Waals surface area contributed by atoms with Gasteiger partial charge in [-0.1, -0.05) is 41.4 Å². The minimum atomic E-state index is -3.61. The van der Waals surface area contributed by atoms with Gasteiger partial charge in [0.1, 0.15) is 0 Å². The predicted molar refractivity (Wildman–Crippen MR) is 106 cm³/mol. The molecule has 1 unspecified atom stereocenters. The second-order valence-corrected chi connectivity index (χ2v) is 9.58. The van der Waals surface area contributed by atoms with Gasteiger partial charge < -0.3 is 0 Å². The van der Waals surface area contributed by atoms with E-state index in [1.807, 2.05) is 25.1 Å². The summed E-state index contributed by atoms with van der Waals surface area (Å²) in [4.78, 5) is 12.7. The lowest BCUT2D eigenvalue weighted by atomic mass is 9.79. The second kappa shape index (κ2) is 6.59. The lowest BCUT2D eigenvalue weighted by molar-refractivity contribution is -0.111. The molecule has 4 nitrogen and oxygen atoms in total. The zero-order valence-corrected chi connectivity index (χ0v) is 16.8. The van der Waals surface area contributed by atoms with E-state index in [-0.39, 0.29) is 23.1 Å². The maximum atomic E-state index is 13.1. The number of benzene rings is 2. The van der Waals surface area contributed by atoms with E-state index in [0.717, 1.165) is 22.3 Å². The number of hydrogen-bond donors (Lipinski definition) is 0. The molecule has 2 aromatic rings. The molecular weight excluding hydrogens is 382 g/mol. The summed E-state index contributed by atoms with van der Waals surface area (Å²) in [6.45, 7) is 4.08. The highest BCUT2D eigenvalue weighted by molar-refractivity contribution is 7.89. The van der Waals surface area contributed by atoms with Crippen LogP contribution in [0, 0.1) is 12.8 Å². The first kappa shape index (κ1) is 18.4. The lowest BCUT2D eigenvalue weighted by Gasteiger charge is -2.25. The molecule has 0 N–H and O–H groups in total. The molecule has 4 rings (SSSR count). The average Bonchev–Trinajstić information content (AvgIpc) is 3.05. The van der Waals surface area contributed by atoms with Crippen molar-refractivity contribution in [1.82, 2.24) is 4.31 Å². The molecule has 0 spiro atoms. The van der Waals surface area contributed by atoms with Crippen LogP contribution in [0.3, 0.4) is 0 Å². The van der Waals surface area contributed by atoms with Gasteiger partial charge in [-0.25, -0.2) is 8.42 Å². The number of fused-ring (bicyclic) bond motifs is 2. The van der Waals surface area contributed by atoms with E-state index >= 15 is 0 Å². The Morgan fingerprint density at radius 2 is 1.85 bits per heavy atom. The van der Waals surface area contributed by atoms with Gasteiger partial charge in [-0.05, 0) is 55.2 Å². The van der Waals surface area contributed by atoms with E-state index in [1.54, 1.807) is 24.3 Å². The molecule has 0 amide bonds. The Balaban J connectivity index is 1.77. The second-order valence-electron chi connectivity index (χ2n) is 7.23. The number of halogens is 1. The fourth-order valence-electron chi connectivity index (χ4n) is 4.09. The van der Waals surface area contributed by atoms with Gasteiger partial charge in [0.05, 0.1) is 4.90 Å². The van der Waals surface area contributed by atoms with Crippen LogP contribution >= 0.6 is 11.6 Å². The minimum Gasteiger partial charge on any atom is -0.294 e. The number of allylic oxidation sites excluding steroid dienone is 1. The summed E-state index contributed by atoms with van der Waals surface area (Å²) in [7, 11) is -3.61. The Morgan fingerprint density at radius 3 is 2.52 bits per heavy atom. The maximum absolute atomic E-state index is 13.1. The summed E-state index contributed by atoms with van der Waals surface area (Å²) in [6.07, 6.45) is 0.654. The monoisotopic (exact) mass is 401 g/mol. The topological polar surface area (TPSA) is 54.5 Å². The van der Waals surface area contributed by atoms with E-state index in [1.165, 1.54) is 11.2 Å². The Hall–Kier alpha value is -1.95. The standard InChI is InChI=1S/C21H20ClNO3S/c1-13-6-8-16(9-7-13)27(25,26)23-11-15-10-18-17(4-3-5-20(18)22)21(14(2)24)19(15)12-23/h3-9,15H,10-12H2,1-2H3. The largest absolute Gasteiger partial charge is 0.294 e. The van der Waals surface area contributed by atoms with Crippen LogP contribution < -0.4 is 0 Å². The molecule has 6 heteroatoms. The zero-order chi connectivity index (χ0) is 19.3. The van der Waals surface area contributed by atoms with Crippen LogP contribution in [0.15, 0.2) is 52.9 Å². The highest BCUT2D eigenvalue weighted by Gasteiger charge is 2.41. The van der Waals surface area contributed by atoms with Gasteiger partial charge >= 0.3 is 0 Å². The maximum Gasteiger partial charge on any atom is 0.243 e. The molecule has 27 heavy (non-hydrogen) atoms. The van der Waals surface area contributed by atoms with Crippen LogP contribution in [-0.4, -0.2) is 31.6 Å². The van der Waals surface area contributed by atoms with E-state index in [9.17, 15) is 13.2 Å². The van der Waals surface area contributed by atoms with Crippen LogP contribution in [0.5, 0.6) is 0 Å². The molecule has 140 valence electrons. The third-order valence-electron chi connectivity index (χ3n) is 5.43. The van der Waals surface area contributed by atoms with Crippen molar-refractivity contribution in [2.75, 3.05) is 13.1 Å². The molecular formula is C21H20ClNO3S. The number of carbonyl (C=O) groups is 1. The number of Topliss-reactive ketones (excluding diaryl/α,β-unsaturated/α-hetero) is 1. The number of sulfonamides is 1. The van der Waals surface area contributed by atoms with Crippen molar-refractivity contribution in [3.05, 3.63) is 69.8 Å². The molecule has 2 aliphatic rings. The molecule has 1 saturated heterocycles. The van der Waals surface area contributed by atoms with Gasteiger partial charge in [-0.15, -0.1) is 0 Å². The molecule has 0 aromatic heterocycles. The Labute approximate surface area is 164 Å². The van der Waals surface area contributed by atoms with Crippen LogP contribution in [0.1, 0.15) is 23.6 Å². The molecule has 0 bridgehead atoms. The van der Waals surface area contributed by atoms with Crippen LogP contribution in [-0.2, 0) is 21.2 Å². The molecule has 1 fully saturated rings. The average molecular weight is 402 g/mol. The van der Waals surface area contributed by atoms with Gasteiger partial charge in [0, 0.05) is 29.6 Å². The fourth-order valence-corrected chi connectivity index (χ4v) is 5.80. The highest BCUT2D eigenvalue weighted by atomic mass is 35.5. The minimum absolute atomic E-state index is 0.0171. The van der Waals surface area contributed by atoms with Gasteiger partial charge in [0.25, 0.3) is 0 Å². The molecule has 0 saturated carbocycles. The third-order valence-corrected chi connectivity index (χ3v) is 7.61. The fraction of sp³-hybridized carbons (Fsp3) is 0.286. The number of aryl methyl sites for hydroxylation is 1. The summed E-state index contributed by atoms with van der Waals surface area (Å²) < 4.78 is 27.7. The summed E-state index contributed by atoms with van der Waals surface area (Å²) in [5, 5.41) is 0.630. The molecule has 1 aliphatic heterocycles. The van der Waals surface area contributed by atoms with Crippen LogP contribution in [0.25, 0.3) is 5.57 Å². The summed E-state index contributed by atoms with van der Waals surface area (Å²) in [6, 6.07) is 12.4. The third kappa shape index (κ3) is 3.04. The van der Waals surface area contributed by atoms with Crippen LogP contribution in [0.4, 0.5) is 0 Å². The van der Waals surface area contributed by atoms with Crippen molar-refractivity contribution in [1.29, 1.82) is 0 Å². The summed E-state index contributed by atoms with van der Waals surface area (Å²) in [5.74, 6) is -0.0654. The van der Waals surface area contributed by atoms with Crippen molar-refractivity contribution in [3.8, 4) is 0 Å². The predicted octanol–water partition coefficient (Wildman–Crippen LogP) is 3.87. The van der Waals surface area contributed by atoms with Gasteiger partial charge in [-0.2, -0.15) is 4.31 Å². The Morgan fingerprint density at radius 1 is 1.15 bits per heavy atom. The van der Waals surface area contributed by atoms with Crippen molar-refractivity contribution in [3.63, 3.8) is 0 Å². The number of carbonyl (C=O) groups excluding carboxylic acids is 1. The summed E-state index contributed by atoms with van der Waals surface area (Å²) in [5.41, 5.74) is 4.33. The van der Waals surface area contributed by atoms with Gasteiger partial charge in [-0.3, -0.25) is 4.79 Å². The Kier molecular flexibility index (Phi) is 4.49. The first-order valence-corrected chi connectivity index (χ1v) is 10.7. The first-order chi connectivity index (χ1) is 12.8. The zero-order valence-electron chi connectivity index (χ0n) is 15.2. The molecule has 1 heterocycles. The smallest absolute Gasteiger partial charge is 0.243 e. The number of hydrogen-bond acceptors (Lipinski definition) is 3. The van der Waals surface area contributed by atoms with Crippen molar-refractivity contribution in [2.45, 2.75) is 25.2 Å². The number of nitrogens with zero attached hydrogens (tertiary/aromatic N) is 1. The number of ketones is 1. The quantitative estimate of drug-likeness (QED) is 0.784. The molecule has 2 aromatic carbocycles. The van der Waals surface area contributed by atoms with Crippen molar-refractivity contribution < 1.29 is 13.2 Å². The number of rotatable bonds is 3. The molecule has 1 aliphatic carbocycles. The molecule has 1 atom stereocenters. The van der Waals surface area contributed by atoms with Crippen LogP contribution in [0.2, 0.25) is 5.02 Å². The van der Waals surface area contributed by atoms with Crippen molar-refractivity contribution in [2.24, 2.45) is 5.92 Å². The first-order valence-electron chi connectivity index (χ1n) is 8.87. The van der Waals surface area contributed by atoms with E-state index in [0.29, 0.717) is 23.6 Å². The molecule has 0 radical (unpaired) electrons. The normalized spacial score (nSPS) is 19.7. The van der Waals surface area contributed by atoms with Gasteiger partial charge in [0.2, 0.25) is 10.0 Å².